The van der Waals surface area contributed by atoms with Gasteiger partial charge in [-0.15, -0.1) is 0 Å². The molecule has 0 aliphatic carbocycles. The molecular weight excluding hydrogens is 488 g/mol. The van der Waals surface area contributed by atoms with Crippen LogP contribution in [0, 0.1) is 0 Å². The number of halogens is 2. The molecule has 2 atom stereocenters. The zero-order chi connectivity index (χ0) is 21.8. The molecule has 0 fully saturated rings. The third-order valence-corrected chi connectivity index (χ3v) is 6.82. The molecule has 0 saturated heterocycles. The van der Waals surface area contributed by atoms with Crippen molar-refractivity contribution in [1.82, 2.24) is 5.01 Å². The molecule has 6 rings (SSSR count). The van der Waals surface area contributed by atoms with Crippen LogP contribution in [0.4, 0.5) is 0 Å². The summed E-state index contributed by atoms with van der Waals surface area (Å²) in [5.74, 6) is 0.918. The molecule has 0 spiro atoms. The molecule has 4 aromatic carbocycles. The second-order valence-electron chi connectivity index (χ2n) is 8.06. The van der Waals surface area contributed by atoms with Gasteiger partial charge in [-0.3, -0.25) is 0 Å². The second-order valence-corrected chi connectivity index (χ2v) is 9.42. The highest BCUT2D eigenvalue weighted by Crippen LogP contribution is 2.49. The topological polar surface area (TPSA) is 45.1 Å². The van der Waals surface area contributed by atoms with Crippen LogP contribution >= 0.6 is 27.5 Å². The molecule has 32 heavy (non-hydrogen) atoms. The lowest BCUT2D eigenvalue weighted by Gasteiger charge is -2.38. The summed E-state index contributed by atoms with van der Waals surface area (Å²) in [5.41, 5.74) is 3.74. The van der Waals surface area contributed by atoms with E-state index in [1.165, 1.54) is 10.8 Å². The van der Waals surface area contributed by atoms with Crippen molar-refractivity contribution in [2.75, 3.05) is 0 Å². The average molecular weight is 506 g/mol. The Hall–Kier alpha value is -3.02. The average Bonchev–Trinajstić information content (AvgIpc) is 3.26. The maximum absolute atomic E-state index is 10.6. The highest BCUT2D eigenvalue weighted by molar-refractivity contribution is 9.10. The summed E-state index contributed by atoms with van der Waals surface area (Å²) in [6.07, 6.45) is 0.161. The van der Waals surface area contributed by atoms with Crippen molar-refractivity contribution < 1.29 is 9.84 Å². The Kier molecular flexibility index (Phi) is 4.63. The number of aromatic hydroxyl groups is 1. The monoisotopic (exact) mass is 504 g/mol. The van der Waals surface area contributed by atoms with Gasteiger partial charge in [0.15, 0.2) is 0 Å². The van der Waals surface area contributed by atoms with E-state index in [-0.39, 0.29) is 11.8 Å². The Bertz CT molecular complexity index is 1400. The van der Waals surface area contributed by atoms with Crippen LogP contribution in [-0.4, -0.2) is 15.8 Å². The fourth-order valence-corrected chi connectivity index (χ4v) is 5.09. The number of phenols is 1. The Morgan fingerprint density at radius 3 is 2.66 bits per heavy atom. The lowest BCUT2D eigenvalue weighted by molar-refractivity contribution is -0.0203. The van der Waals surface area contributed by atoms with Crippen molar-refractivity contribution in [3.8, 4) is 11.5 Å². The number of hydrazone groups is 1. The van der Waals surface area contributed by atoms with Crippen LogP contribution < -0.4 is 4.74 Å². The van der Waals surface area contributed by atoms with E-state index in [4.69, 9.17) is 21.4 Å². The molecule has 0 unspecified atom stereocenters. The third-order valence-electron chi connectivity index (χ3n) is 6.09. The summed E-state index contributed by atoms with van der Waals surface area (Å²) < 4.78 is 7.35. The first-order chi connectivity index (χ1) is 15.6. The maximum atomic E-state index is 10.6. The van der Waals surface area contributed by atoms with Crippen molar-refractivity contribution in [3.05, 3.63) is 105 Å². The number of hydrogen-bond acceptors (Lipinski definition) is 4. The van der Waals surface area contributed by atoms with Gasteiger partial charge in [-0.1, -0.05) is 63.9 Å². The van der Waals surface area contributed by atoms with Crippen molar-refractivity contribution in [1.29, 1.82) is 0 Å². The first-order valence-electron chi connectivity index (χ1n) is 10.4. The number of hydrogen-bond donors (Lipinski definition) is 1. The third kappa shape index (κ3) is 3.24. The van der Waals surface area contributed by atoms with Crippen LogP contribution in [0.2, 0.25) is 5.02 Å². The van der Waals surface area contributed by atoms with E-state index in [1.54, 1.807) is 18.2 Å². The minimum atomic E-state index is -0.578. The predicted octanol–water partition coefficient (Wildman–Crippen LogP) is 7.20. The number of benzene rings is 4. The zero-order valence-corrected chi connectivity index (χ0v) is 19.2. The quantitative estimate of drug-likeness (QED) is 0.313. The Morgan fingerprint density at radius 2 is 1.78 bits per heavy atom. The fourth-order valence-electron chi connectivity index (χ4n) is 4.53. The van der Waals surface area contributed by atoms with E-state index in [0.29, 0.717) is 10.6 Å². The molecule has 158 valence electrons. The van der Waals surface area contributed by atoms with Crippen LogP contribution in [-0.2, 0) is 0 Å². The van der Waals surface area contributed by atoms with Gasteiger partial charge in [0.25, 0.3) is 0 Å². The highest BCUT2D eigenvalue weighted by atomic mass is 79.9. The number of ether oxygens (including phenoxy) is 1. The number of nitrogens with zero attached hydrogens (tertiary/aromatic N) is 2. The molecule has 0 radical (unpaired) electrons. The SMILES string of the molecule is Oc1ccc(Cl)cc1[C@@H]1Oc2ccc(Br)cc2[C@H]2CC(c3ccc4ccccc4c3)=NN21. The van der Waals surface area contributed by atoms with Gasteiger partial charge in [0.05, 0.1) is 17.3 Å². The molecule has 2 aliphatic rings. The van der Waals surface area contributed by atoms with Crippen molar-refractivity contribution in [3.63, 3.8) is 0 Å². The summed E-state index contributed by atoms with van der Waals surface area (Å²) >= 11 is 9.84. The normalized spacial score (nSPS) is 19.3. The van der Waals surface area contributed by atoms with Gasteiger partial charge in [0.2, 0.25) is 6.23 Å². The van der Waals surface area contributed by atoms with Crippen molar-refractivity contribution in [2.45, 2.75) is 18.7 Å². The predicted molar refractivity (Wildman–Crippen MR) is 130 cm³/mol. The Morgan fingerprint density at radius 1 is 0.938 bits per heavy atom. The van der Waals surface area contributed by atoms with E-state index >= 15 is 0 Å². The molecule has 4 nitrogen and oxygen atoms in total. The molecule has 0 amide bonds. The van der Waals surface area contributed by atoms with Gasteiger partial charge < -0.3 is 9.84 Å². The Labute approximate surface area is 198 Å². The minimum absolute atomic E-state index is 0.0129. The standard InChI is InChI=1S/C26H18BrClN2O2/c27-18-7-10-25-20(12-18)23-14-22(17-6-5-15-3-1-2-4-16(15)11-17)29-30(23)26(32-25)21-13-19(28)8-9-24(21)31/h1-13,23,26,31H,14H2/t23-,26+/m1/s1. The van der Waals surface area contributed by atoms with Crippen LogP contribution in [0.1, 0.15) is 35.4 Å². The first kappa shape index (κ1) is 19.6. The van der Waals surface area contributed by atoms with Crippen LogP contribution in [0.3, 0.4) is 0 Å². The summed E-state index contributed by atoms with van der Waals surface area (Å²) in [6, 6.07) is 25.7. The molecule has 0 bridgehead atoms. The lowest BCUT2D eigenvalue weighted by atomic mass is 9.95. The fraction of sp³-hybridized carbons (Fsp3) is 0.115. The molecule has 0 aromatic heterocycles. The summed E-state index contributed by atoms with van der Waals surface area (Å²) in [5, 5.41) is 20.4. The van der Waals surface area contributed by atoms with Gasteiger partial charge in [0, 0.05) is 21.5 Å². The van der Waals surface area contributed by atoms with E-state index in [0.717, 1.165) is 33.5 Å². The van der Waals surface area contributed by atoms with Gasteiger partial charge in [-0.2, -0.15) is 5.10 Å². The summed E-state index contributed by atoms with van der Waals surface area (Å²) in [7, 11) is 0. The molecule has 2 heterocycles. The van der Waals surface area contributed by atoms with Gasteiger partial charge in [-0.05, 0) is 58.8 Å². The lowest BCUT2D eigenvalue weighted by Crippen LogP contribution is -2.33. The van der Waals surface area contributed by atoms with Crippen LogP contribution in [0.25, 0.3) is 10.8 Å². The first-order valence-corrected chi connectivity index (χ1v) is 11.5. The summed E-state index contributed by atoms with van der Waals surface area (Å²) in [4.78, 5) is 0. The molecular formula is C26H18BrClN2O2. The number of phenolic OH excluding ortho intramolecular Hbond substituents is 1. The van der Waals surface area contributed by atoms with Crippen molar-refractivity contribution >= 4 is 44.0 Å². The Balaban J connectivity index is 1.48. The number of fused-ring (bicyclic) bond motifs is 4. The van der Waals surface area contributed by atoms with Gasteiger partial charge >= 0.3 is 0 Å². The van der Waals surface area contributed by atoms with E-state index < -0.39 is 6.23 Å². The van der Waals surface area contributed by atoms with E-state index in [1.807, 2.05) is 29.3 Å². The minimum Gasteiger partial charge on any atom is -0.507 e. The second kappa shape index (κ2) is 7.54. The highest BCUT2D eigenvalue weighted by Gasteiger charge is 2.42. The maximum Gasteiger partial charge on any atom is 0.217 e. The van der Waals surface area contributed by atoms with Crippen molar-refractivity contribution in [2.24, 2.45) is 5.10 Å². The molecule has 4 aromatic rings. The van der Waals surface area contributed by atoms with Crippen LogP contribution in [0.5, 0.6) is 11.5 Å². The molecule has 6 heteroatoms. The van der Waals surface area contributed by atoms with E-state index in [9.17, 15) is 5.11 Å². The largest absolute Gasteiger partial charge is 0.507 e. The molecule has 2 aliphatic heterocycles. The van der Waals surface area contributed by atoms with Gasteiger partial charge in [0.1, 0.15) is 11.5 Å². The van der Waals surface area contributed by atoms with Crippen LogP contribution in [0.15, 0.2) is 88.4 Å². The summed E-state index contributed by atoms with van der Waals surface area (Å²) in [6.45, 7) is 0. The smallest absolute Gasteiger partial charge is 0.217 e. The van der Waals surface area contributed by atoms with E-state index in [2.05, 4.69) is 52.3 Å². The number of rotatable bonds is 2. The molecule has 0 saturated carbocycles. The zero-order valence-electron chi connectivity index (χ0n) is 16.9. The van der Waals surface area contributed by atoms with Gasteiger partial charge in [-0.25, -0.2) is 5.01 Å². The molecule has 1 N–H and O–H groups in total.